The van der Waals surface area contributed by atoms with Crippen molar-refractivity contribution in [1.29, 1.82) is 0 Å². The largest absolute Gasteiger partial charge is 0.451 e. The molecule has 1 N–H and O–H groups in total. The van der Waals surface area contributed by atoms with E-state index in [1.54, 1.807) is 15.3 Å². The van der Waals surface area contributed by atoms with Gasteiger partial charge in [0.2, 0.25) is 0 Å². The molecule has 0 unspecified atom stereocenters. The lowest BCUT2D eigenvalue weighted by molar-refractivity contribution is 0.0926. The number of nitrogens with zero attached hydrogens (tertiary/aromatic N) is 4. The molecule has 0 atom stereocenters. The lowest BCUT2D eigenvalue weighted by Gasteiger charge is -2.07. The molecule has 0 saturated heterocycles. The second-order valence-corrected chi connectivity index (χ2v) is 8.23. The van der Waals surface area contributed by atoms with Crippen LogP contribution < -0.4 is 10.9 Å². The van der Waals surface area contributed by atoms with E-state index in [0.29, 0.717) is 36.3 Å². The molecule has 0 aliphatic carbocycles. The average molecular weight is 492 g/mol. The quantitative estimate of drug-likeness (QED) is 0.391. The Balaban J connectivity index is 1.27. The summed E-state index contributed by atoms with van der Waals surface area (Å²) in [5, 5.41) is 8.41. The molecule has 0 radical (unpaired) electrons. The number of aromatic nitrogens is 4. The predicted octanol–water partition coefficient (Wildman–Crippen LogP) is 3.58. The number of carbonyl (C=O) groups excluding carboxylic acids is 1. The molecule has 0 aliphatic rings. The topological polar surface area (TPSA) is 95.0 Å². The molecule has 8 nitrogen and oxygen atoms in total. The predicted molar refractivity (Wildman–Crippen MR) is 124 cm³/mol. The number of fused-ring (bicyclic) bond motifs is 2. The third-order valence-corrected chi connectivity index (χ3v) is 5.68. The lowest BCUT2D eigenvalue weighted by Crippen LogP contribution is -2.27. The number of hydrogen-bond donors (Lipinski definition) is 1. The number of nitrogens with one attached hydrogen (secondary N) is 1. The van der Waals surface area contributed by atoms with E-state index in [2.05, 4.69) is 31.3 Å². The van der Waals surface area contributed by atoms with Crippen molar-refractivity contribution in [3.8, 4) is 0 Å². The Morgan fingerprint density at radius 1 is 1.12 bits per heavy atom. The number of carbonyl (C=O) groups is 1. The third-order valence-electron chi connectivity index (χ3n) is 5.15. The van der Waals surface area contributed by atoms with Gasteiger partial charge in [0.1, 0.15) is 17.3 Å². The Kier molecular flexibility index (Phi) is 5.32. The van der Waals surface area contributed by atoms with Gasteiger partial charge in [-0.1, -0.05) is 46.3 Å². The first-order chi connectivity index (χ1) is 15.6. The van der Waals surface area contributed by atoms with Crippen molar-refractivity contribution >= 4 is 43.8 Å². The zero-order valence-corrected chi connectivity index (χ0v) is 18.4. The maximum atomic E-state index is 12.8. The molecule has 160 valence electrons. The Morgan fingerprint density at radius 2 is 1.94 bits per heavy atom. The van der Waals surface area contributed by atoms with E-state index in [4.69, 9.17) is 4.42 Å². The Morgan fingerprint density at radius 3 is 2.75 bits per heavy atom. The molecular weight excluding hydrogens is 474 g/mol. The van der Waals surface area contributed by atoms with Crippen LogP contribution in [-0.2, 0) is 13.1 Å². The fourth-order valence-corrected chi connectivity index (χ4v) is 3.78. The number of furan rings is 1. The van der Waals surface area contributed by atoms with Crippen molar-refractivity contribution in [3.05, 3.63) is 93.3 Å². The van der Waals surface area contributed by atoms with Crippen LogP contribution in [-0.4, -0.2) is 31.8 Å². The SMILES string of the molecule is O=C(NCCn1ncc2c(=O)n(Cc3ccc(Br)cc3)cnc21)c1cc2ccccc2o1. The highest BCUT2D eigenvalue weighted by Gasteiger charge is 2.13. The maximum Gasteiger partial charge on any atom is 0.287 e. The van der Waals surface area contributed by atoms with E-state index in [0.717, 1.165) is 15.4 Å². The van der Waals surface area contributed by atoms with E-state index >= 15 is 0 Å². The molecule has 0 saturated carbocycles. The first-order valence-electron chi connectivity index (χ1n) is 10.0. The average Bonchev–Trinajstić information content (AvgIpc) is 3.42. The third kappa shape index (κ3) is 3.94. The number of halogens is 1. The van der Waals surface area contributed by atoms with Crippen LogP contribution in [0.1, 0.15) is 16.1 Å². The summed E-state index contributed by atoms with van der Waals surface area (Å²) < 4.78 is 9.73. The molecule has 0 fully saturated rings. The second kappa shape index (κ2) is 8.43. The molecule has 0 spiro atoms. The Labute approximate surface area is 190 Å². The number of para-hydroxylation sites is 1. The van der Waals surface area contributed by atoms with E-state index in [1.165, 1.54) is 12.5 Å². The van der Waals surface area contributed by atoms with Crippen molar-refractivity contribution in [2.75, 3.05) is 6.54 Å². The summed E-state index contributed by atoms with van der Waals surface area (Å²) in [6, 6.07) is 16.9. The lowest BCUT2D eigenvalue weighted by atomic mass is 10.2. The molecule has 0 bridgehead atoms. The zero-order chi connectivity index (χ0) is 22.1. The highest BCUT2D eigenvalue weighted by Crippen LogP contribution is 2.18. The summed E-state index contributed by atoms with van der Waals surface area (Å²) in [7, 11) is 0. The van der Waals surface area contributed by atoms with Gasteiger partial charge in [0.05, 0.1) is 19.3 Å². The minimum absolute atomic E-state index is 0.157. The molecule has 2 aromatic carbocycles. The summed E-state index contributed by atoms with van der Waals surface area (Å²) in [5.74, 6) is -0.0482. The standard InChI is InChI=1S/C23H18BrN5O3/c24-17-7-5-15(6-8-17)13-28-14-26-21-18(23(28)31)12-27-29(21)10-9-25-22(30)20-11-16-3-1-2-4-19(16)32-20/h1-8,11-12,14H,9-10,13H2,(H,25,30). The van der Waals surface area contributed by atoms with Crippen LogP contribution in [0.2, 0.25) is 0 Å². The minimum atomic E-state index is -0.303. The van der Waals surface area contributed by atoms with Gasteiger partial charge in [-0.05, 0) is 29.8 Å². The molecule has 1 amide bonds. The van der Waals surface area contributed by atoms with Crippen molar-refractivity contribution in [1.82, 2.24) is 24.6 Å². The van der Waals surface area contributed by atoms with Gasteiger partial charge in [-0.15, -0.1) is 0 Å². The molecule has 5 rings (SSSR count). The van der Waals surface area contributed by atoms with E-state index in [-0.39, 0.29) is 17.2 Å². The molecule has 3 heterocycles. The molecule has 32 heavy (non-hydrogen) atoms. The Hall–Kier alpha value is -3.72. The summed E-state index contributed by atoms with van der Waals surface area (Å²) in [4.78, 5) is 29.7. The van der Waals surface area contributed by atoms with E-state index < -0.39 is 0 Å². The van der Waals surface area contributed by atoms with Crippen LogP contribution in [0.4, 0.5) is 0 Å². The van der Waals surface area contributed by atoms with Crippen LogP contribution >= 0.6 is 15.9 Å². The van der Waals surface area contributed by atoms with Gasteiger partial charge in [-0.2, -0.15) is 5.10 Å². The van der Waals surface area contributed by atoms with Crippen molar-refractivity contribution < 1.29 is 9.21 Å². The Bertz CT molecular complexity index is 1450. The van der Waals surface area contributed by atoms with Crippen molar-refractivity contribution in [3.63, 3.8) is 0 Å². The monoisotopic (exact) mass is 491 g/mol. The smallest absolute Gasteiger partial charge is 0.287 e. The van der Waals surface area contributed by atoms with Crippen molar-refractivity contribution in [2.24, 2.45) is 0 Å². The van der Waals surface area contributed by atoms with Crippen molar-refractivity contribution in [2.45, 2.75) is 13.1 Å². The molecule has 5 aromatic rings. The zero-order valence-electron chi connectivity index (χ0n) is 16.9. The van der Waals surface area contributed by atoms with Crippen LogP contribution in [0.15, 0.2) is 80.8 Å². The summed E-state index contributed by atoms with van der Waals surface area (Å²) in [6.45, 7) is 1.11. The fraction of sp³-hybridized carbons (Fsp3) is 0.130. The number of hydrogen-bond acceptors (Lipinski definition) is 5. The van der Waals surface area contributed by atoms with Gasteiger partial charge in [0.25, 0.3) is 11.5 Å². The van der Waals surface area contributed by atoms with Gasteiger partial charge < -0.3 is 9.73 Å². The number of amides is 1. The normalized spacial score (nSPS) is 11.3. The molecule has 9 heteroatoms. The van der Waals surface area contributed by atoms with Crippen LogP contribution in [0.25, 0.3) is 22.0 Å². The van der Waals surface area contributed by atoms with Crippen LogP contribution in [0, 0.1) is 0 Å². The highest BCUT2D eigenvalue weighted by molar-refractivity contribution is 9.10. The number of benzene rings is 2. The fourth-order valence-electron chi connectivity index (χ4n) is 3.52. The number of rotatable bonds is 6. The molecule has 0 aliphatic heterocycles. The van der Waals surface area contributed by atoms with Crippen LogP contribution in [0.5, 0.6) is 0 Å². The van der Waals surface area contributed by atoms with E-state index in [9.17, 15) is 9.59 Å². The maximum absolute atomic E-state index is 12.8. The van der Waals surface area contributed by atoms with Gasteiger partial charge in [0, 0.05) is 16.4 Å². The summed E-state index contributed by atoms with van der Waals surface area (Å²) in [6.07, 6.45) is 3.04. The van der Waals surface area contributed by atoms with Gasteiger partial charge in [-0.3, -0.25) is 14.2 Å². The first-order valence-corrected chi connectivity index (χ1v) is 10.8. The van der Waals surface area contributed by atoms with Gasteiger partial charge in [-0.25, -0.2) is 9.67 Å². The van der Waals surface area contributed by atoms with Crippen LogP contribution in [0.3, 0.4) is 0 Å². The minimum Gasteiger partial charge on any atom is -0.451 e. The summed E-state index contributed by atoms with van der Waals surface area (Å²) >= 11 is 3.41. The van der Waals surface area contributed by atoms with E-state index in [1.807, 2.05) is 48.5 Å². The van der Waals surface area contributed by atoms with Gasteiger partial charge >= 0.3 is 0 Å². The van der Waals surface area contributed by atoms with Gasteiger partial charge in [0.15, 0.2) is 11.4 Å². The molecular formula is C23H18BrN5O3. The first kappa shape index (κ1) is 20.2. The second-order valence-electron chi connectivity index (χ2n) is 7.31. The summed E-state index contributed by atoms with van der Waals surface area (Å²) in [5.41, 5.74) is 1.99. The highest BCUT2D eigenvalue weighted by atomic mass is 79.9. The molecule has 3 aromatic heterocycles.